The predicted octanol–water partition coefficient (Wildman–Crippen LogP) is 4.50. The second-order valence-corrected chi connectivity index (χ2v) is 6.27. The highest BCUT2D eigenvalue weighted by Gasteiger charge is 2.02. The normalized spacial score (nSPS) is 10.7. The van der Waals surface area contributed by atoms with Gasteiger partial charge in [-0.05, 0) is 68.0 Å². The highest BCUT2D eigenvalue weighted by Crippen LogP contribution is 2.17. The van der Waals surface area contributed by atoms with Crippen LogP contribution in [0.5, 0.6) is 5.75 Å². The van der Waals surface area contributed by atoms with E-state index < -0.39 is 0 Å². The van der Waals surface area contributed by atoms with Gasteiger partial charge in [-0.25, -0.2) is 9.97 Å². The molecule has 0 radical (unpaired) electrons. The van der Waals surface area contributed by atoms with E-state index >= 15 is 0 Å². The van der Waals surface area contributed by atoms with Crippen LogP contribution < -0.4 is 15.4 Å². The Bertz CT molecular complexity index is 960. The van der Waals surface area contributed by atoms with Crippen LogP contribution in [0.4, 0.5) is 17.3 Å². The van der Waals surface area contributed by atoms with Crippen molar-refractivity contribution >= 4 is 29.3 Å². The summed E-state index contributed by atoms with van der Waals surface area (Å²) in [5, 5.41) is 6.00. The van der Waals surface area contributed by atoms with Gasteiger partial charge >= 0.3 is 0 Å². The number of methoxy groups -OCH3 is 1. The molecule has 0 saturated heterocycles. The average molecular weight is 374 g/mol. The zero-order valence-corrected chi connectivity index (χ0v) is 16.1. The number of rotatable bonds is 6. The van der Waals surface area contributed by atoms with E-state index in [1.54, 1.807) is 13.2 Å². The molecular weight excluding hydrogens is 352 g/mol. The lowest BCUT2D eigenvalue weighted by molar-refractivity contribution is -0.111. The molecule has 1 amide bonds. The first kappa shape index (κ1) is 19.1. The molecule has 0 unspecified atom stereocenters. The minimum atomic E-state index is -0.200. The fourth-order valence-corrected chi connectivity index (χ4v) is 2.62. The van der Waals surface area contributed by atoms with E-state index in [1.165, 1.54) is 6.08 Å². The van der Waals surface area contributed by atoms with Crippen LogP contribution in [0, 0.1) is 13.8 Å². The van der Waals surface area contributed by atoms with Gasteiger partial charge in [0, 0.05) is 28.8 Å². The number of carbonyl (C=O) groups is 1. The minimum Gasteiger partial charge on any atom is -0.497 e. The van der Waals surface area contributed by atoms with Crippen molar-refractivity contribution in [2.45, 2.75) is 13.8 Å². The molecule has 6 nitrogen and oxygen atoms in total. The van der Waals surface area contributed by atoms with E-state index in [0.29, 0.717) is 11.6 Å². The highest BCUT2D eigenvalue weighted by atomic mass is 16.5. The maximum atomic E-state index is 12.1. The summed E-state index contributed by atoms with van der Waals surface area (Å²) in [5.74, 6) is 1.13. The van der Waals surface area contributed by atoms with Crippen molar-refractivity contribution in [3.8, 4) is 5.75 Å². The highest BCUT2D eigenvalue weighted by molar-refractivity contribution is 6.02. The van der Waals surface area contributed by atoms with Crippen LogP contribution in [-0.4, -0.2) is 23.0 Å². The number of nitrogens with one attached hydrogen (secondary N) is 2. The van der Waals surface area contributed by atoms with Crippen LogP contribution >= 0.6 is 0 Å². The zero-order valence-electron chi connectivity index (χ0n) is 16.1. The number of nitrogens with zero attached hydrogens (tertiary/aromatic N) is 2. The molecule has 3 aromatic rings. The standard InChI is InChI=1S/C22H22N4O2/c1-15-14-16(2)24-22(23-15)26-19-9-7-18(8-10-19)25-21(27)13-6-17-4-11-20(28-3)12-5-17/h4-14H,1-3H3,(H,25,27)(H,23,24,26)/b13-6+. The number of hydrogen-bond donors (Lipinski definition) is 2. The molecule has 3 rings (SSSR count). The maximum absolute atomic E-state index is 12.1. The van der Waals surface area contributed by atoms with Gasteiger partial charge in [0.2, 0.25) is 11.9 Å². The molecule has 1 heterocycles. The van der Waals surface area contributed by atoms with Gasteiger partial charge in [-0.3, -0.25) is 4.79 Å². The van der Waals surface area contributed by atoms with Gasteiger partial charge in [0.05, 0.1) is 7.11 Å². The predicted molar refractivity (Wildman–Crippen MR) is 112 cm³/mol. The fraction of sp³-hybridized carbons (Fsp3) is 0.136. The van der Waals surface area contributed by atoms with Crippen molar-refractivity contribution in [3.63, 3.8) is 0 Å². The molecule has 0 bridgehead atoms. The zero-order chi connectivity index (χ0) is 19.9. The van der Waals surface area contributed by atoms with Gasteiger partial charge < -0.3 is 15.4 Å². The third-order valence-electron chi connectivity index (χ3n) is 3.93. The number of aryl methyl sites for hydroxylation is 2. The number of amides is 1. The molecule has 2 N–H and O–H groups in total. The Balaban J connectivity index is 1.58. The van der Waals surface area contributed by atoms with Crippen LogP contribution in [0.25, 0.3) is 6.08 Å². The summed E-state index contributed by atoms with van der Waals surface area (Å²) in [7, 11) is 1.62. The number of anilines is 3. The Morgan fingerprint density at radius 1 is 0.929 bits per heavy atom. The van der Waals surface area contributed by atoms with E-state index in [0.717, 1.165) is 28.4 Å². The number of aromatic nitrogens is 2. The first-order valence-corrected chi connectivity index (χ1v) is 8.84. The second kappa shape index (κ2) is 8.81. The number of carbonyl (C=O) groups excluding carboxylic acids is 1. The number of hydrogen-bond acceptors (Lipinski definition) is 5. The molecule has 0 fully saturated rings. The SMILES string of the molecule is COc1ccc(/C=C/C(=O)Nc2ccc(Nc3nc(C)cc(C)n3)cc2)cc1. The van der Waals surface area contributed by atoms with Gasteiger partial charge in [0.15, 0.2) is 0 Å². The van der Waals surface area contributed by atoms with E-state index in [9.17, 15) is 4.79 Å². The van der Waals surface area contributed by atoms with Crippen LogP contribution in [-0.2, 0) is 4.79 Å². The lowest BCUT2D eigenvalue weighted by atomic mass is 10.2. The molecule has 0 spiro atoms. The monoisotopic (exact) mass is 374 g/mol. The van der Waals surface area contributed by atoms with Gasteiger partial charge in [-0.15, -0.1) is 0 Å². The van der Waals surface area contributed by atoms with Crippen LogP contribution in [0.1, 0.15) is 17.0 Å². The summed E-state index contributed by atoms with van der Waals surface area (Å²) in [5.41, 5.74) is 4.28. The Kier molecular flexibility index (Phi) is 6.01. The molecule has 0 atom stereocenters. The average Bonchev–Trinajstić information content (AvgIpc) is 2.67. The number of benzene rings is 2. The quantitative estimate of drug-likeness (QED) is 0.622. The van der Waals surface area contributed by atoms with Crippen LogP contribution in [0.3, 0.4) is 0 Å². The Labute approximate surface area is 164 Å². The molecule has 0 aliphatic heterocycles. The molecule has 0 aliphatic rings. The minimum absolute atomic E-state index is 0.200. The summed E-state index contributed by atoms with van der Waals surface area (Å²) in [6.45, 7) is 3.86. The lowest BCUT2D eigenvalue weighted by Crippen LogP contribution is -2.07. The van der Waals surface area contributed by atoms with E-state index in [4.69, 9.17) is 4.74 Å². The Hall–Kier alpha value is -3.67. The maximum Gasteiger partial charge on any atom is 0.248 e. The summed E-state index contributed by atoms with van der Waals surface area (Å²) < 4.78 is 5.12. The smallest absolute Gasteiger partial charge is 0.248 e. The van der Waals surface area contributed by atoms with Gasteiger partial charge in [0.25, 0.3) is 0 Å². The van der Waals surface area contributed by atoms with Gasteiger partial charge in [-0.2, -0.15) is 0 Å². The molecule has 1 aromatic heterocycles. The number of ether oxygens (including phenoxy) is 1. The molecule has 142 valence electrons. The van der Waals surface area contributed by atoms with Crippen molar-refractivity contribution < 1.29 is 9.53 Å². The van der Waals surface area contributed by atoms with Gasteiger partial charge in [0.1, 0.15) is 5.75 Å². The van der Waals surface area contributed by atoms with Crippen molar-refractivity contribution in [2.75, 3.05) is 17.7 Å². The third-order valence-corrected chi connectivity index (χ3v) is 3.93. The lowest BCUT2D eigenvalue weighted by Gasteiger charge is -2.08. The summed E-state index contributed by atoms with van der Waals surface area (Å²) >= 11 is 0. The van der Waals surface area contributed by atoms with Crippen molar-refractivity contribution in [2.24, 2.45) is 0 Å². The van der Waals surface area contributed by atoms with Crippen LogP contribution in [0.2, 0.25) is 0 Å². The first-order valence-electron chi connectivity index (χ1n) is 8.84. The van der Waals surface area contributed by atoms with Gasteiger partial charge in [-0.1, -0.05) is 12.1 Å². The molecule has 6 heteroatoms. The topological polar surface area (TPSA) is 76.1 Å². The summed E-state index contributed by atoms with van der Waals surface area (Å²) in [6, 6.07) is 16.8. The summed E-state index contributed by atoms with van der Waals surface area (Å²) in [6.07, 6.45) is 3.25. The molecule has 2 aromatic carbocycles. The Morgan fingerprint density at radius 3 is 2.14 bits per heavy atom. The van der Waals surface area contributed by atoms with E-state index in [1.807, 2.05) is 68.4 Å². The molecule has 0 aliphatic carbocycles. The first-order chi connectivity index (χ1) is 13.5. The fourth-order valence-electron chi connectivity index (χ4n) is 2.62. The third kappa shape index (κ3) is 5.41. The van der Waals surface area contributed by atoms with Crippen molar-refractivity contribution in [1.29, 1.82) is 0 Å². The molecule has 28 heavy (non-hydrogen) atoms. The van der Waals surface area contributed by atoms with Crippen molar-refractivity contribution in [1.82, 2.24) is 9.97 Å². The largest absolute Gasteiger partial charge is 0.497 e. The van der Waals surface area contributed by atoms with E-state index in [2.05, 4.69) is 20.6 Å². The summed E-state index contributed by atoms with van der Waals surface area (Å²) in [4.78, 5) is 20.8. The molecule has 0 saturated carbocycles. The van der Waals surface area contributed by atoms with Crippen LogP contribution in [0.15, 0.2) is 60.7 Å². The Morgan fingerprint density at radius 2 is 1.54 bits per heavy atom. The van der Waals surface area contributed by atoms with E-state index in [-0.39, 0.29) is 5.91 Å². The second-order valence-electron chi connectivity index (χ2n) is 6.27. The van der Waals surface area contributed by atoms with Crippen molar-refractivity contribution in [3.05, 3.63) is 77.6 Å². The molecular formula is C22H22N4O2.